The van der Waals surface area contributed by atoms with Gasteiger partial charge in [0, 0.05) is 4.47 Å². The van der Waals surface area contributed by atoms with Gasteiger partial charge in [0.15, 0.2) is 6.61 Å². The zero-order valence-corrected chi connectivity index (χ0v) is 18.8. The topological polar surface area (TPSA) is 59.9 Å². The number of hydrogen-bond donors (Lipinski definition) is 1. The summed E-state index contributed by atoms with van der Waals surface area (Å²) in [6.07, 6.45) is 2.49. The van der Waals surface area contributed by atoms with Crippen molar-refractivity contribution in [1.82, 2.24) is 5.43 Å². The lowest BCUT2D eigenvalue weighted by Gasteiger charge is -2.13. The van der Waals surface area contributed by atoms with Gasteiger partial charge >= 0.3 is 0 Å². The Balaban J connectivity index is 1.85. The number of hydrogen-bond acceptors (Lipinski definition) is 4. The number of carbonyl (C=O) groups excluding carboxylic acids is 1. The van der Waals surface area contributed by atoms with E-state index in [9.17, 15) is 4.79 Å². The van der Waals surface area contributed by atoms with Gasteiger partial charge in [0.1, 0.15) is 11.5 Å². The smallest absolute Gasteiger partial charge is 0.277 e. The molecule has 2 aromatic rings. The fraction of sp³-hybridized carbons (Fsp3) is 0.263. The van der Waals surface area contributed by atoms with Gasteiger partial charge in [-0.1, -0.05) is 34.5 Å². The quantitative estimate of drug-likeness (QED) is 0.367. The van der Waals surface area contributed by atoms with Crippen LogP contribution in [0.4, 0.5) is 0 Å². The molecule has 0 aromatic heterocycles. The van der Waals surface area contributed by atoms with E-state index in [4.69, 9.17) is 21.1 Å². The van der Waals surface area contributed by atoms with Gasteiger partial charge < -0.3 is 9.47 Å². The normalized spacial score (nSPS) is 12.0. The van der Waals surface area contributed by atoms with Crippen molar-refractivity contribution in [2.75, 3.05) is 6.61 Å². The van der Waals surface area contributed by atoms with E-state index < -0.39 is 0 Å². The van der Waals surface area contributed by atoms with Gasteiger partial charge in [-0.15, -0.1) is 0 Å². The second kappa shape index (κ2) is 10.7. The Morgan fingerprint density at radius 2 is 2.00 bits per heavy atom. The number of nitrogens with one attached hydrogen (secondary N) is 1. The lowest BCUT2D eigenvalue weighted by molar-refractivity contribution is -0.123. The predicted octanol–water partition coefficient (Wildman–Crippen LogP) is 5.57. The van der Waals surface area contributed by atoms with E-state index in [0.717, 1.165) is 20.9 Å². The van der Waals surface area contributed by atoms with Crippen LogP contribution < -0.4 is 14.9 Å². The highest BCUT2D eigenvalue weighted by atomic mass is 79.9. The molecule has 0 heterocycles. The molecule has 2 aromatic carbocycles. The van der Waals surface area contributed by atoms with Crippen LogP contribution in [0.1, 0.15) is 25.8 Å². The lowest BCUT2D eigenvalue weighted by Crippen LogP contribution is -2.24. The van der Waals surface area contributed by atoms with E-state index in [1.54, 1.807) is 18.2 Å². The summed E-state index contributed by atoms with van der Waals surface area (Å²) < 4.78 is 12.8. The summed E-state index contributed by atoms with van der Waals surface area (Å²) in [5, 5.41) is 4.41. The number of benzene rings is 2. The van der Waals surface area contributed by atoms with Crippen molar-refractivity contribution in [1.29, 1.82) is 0 Å². The van der Waals surface area contributed by atoms with Crippen molar-refractivity contribution >= 4 is 55.6 Å². The van der Waals surface area contributed by atoms with Gasteiger partial charge in [-0.3, -0.25) is 4.79 Å². The van der Waals surface area contributed by atoms with Gasteiger partial charge in [0.2, 0.25) is 0 Å². The molecule has 0 bridgehead atoms. The summed E-state index contributed by atoms with van der Waals surface area (Å²) in [6, 6.07) is 10.7. The van der Waals surface area contributed by atoms with Crippen LogP contribution >= 0.6 is 43.5 Å². The summed E-state index contributed by atoms with van der Waals surface area (Å²) >= 11 is 12.9. The van der Waals surface area contributed by atoms with Crippen LogP contribution in [-0.4, -0.2) is 24.8 Å². The van der Waals surface area contributed by atoms with E-state index >= 15 is 0 Å². The molecule has 0 saturated heterocycles. The molecule has 0 aliphatic heterocycles. The standard InChI is InChI=1S/C19H19Br2ClN2O3/c1-3-12(2)27-18-6-4-13(8-16(18)22)10-23-24-19(25)11-26-17-7-5-14(20)9-15(17)21/h4-10,12H,3,11H2,1-2H3,(H,24,25)/b23-10+/t12-/m1/s1. The second-order valence-electron chi connectivity index (χ2n) is 5.68. The molecular formula is C19H19Br2ClN2O3. The van der Waals surface area contributed by atoms with Crippen molar-refractivity contribution in [2.45, 2.75) is 26.4 Å². The van der Waals surface area contributed by atoms with Crippen molar-refractivity contribution in [2.24, 2.45) is 5.10 Å². The van der Waals surface area contributed by atoms with Gasteiger partial charge in [0.25, 0.3) is 5.91 Å². The summed E-state index contributed by atoms with van der Waals surface area (Å²) in [6.45, 7) is 3.87. The van der Waals surface area contributed by atoms with Crippen molar-refractivity contribution in [3.8, 4) is 11.5 Å². The Labute approximate surface area is 180 Å². The second-order valence-corrected chi connectivity index (χ2v) is 7.86. The highest BCUT2D eigenvalue weighted by molar-refractivity contribution is 9.11. The molecular weight excluding hydrogens is 499 g/mol. The highest BCUT2D eigenvalue weighted by Crippen LogP contribution is 2.28. The van der Waals surface area contributed by atoms with E-state index in [1.165, 1.54) is 6.21 Å². The van der Waals surface area contributed by atoms with E-state index in [2.05, 4.69) is 42.4 Å². The third kappa shape index (κ3) is 7.16. The molecule has 0 saturated carbocycles. The molecule has 0 fully saturated rings. The highest BCUT2D eigenvalue weighted by Gasteiger charge is 2.07. The molecule has 1 N–H and O–H groups in total. The molecule has 8 heteroatoms. The van der Waals surface area contributed by atoms with Crippen LogP contribution in [-0.2, 0) is 4.79 Å². The summed E-state index contributed by atoms with van der Waals surface area (Å²) in [5.74, 6) is 0.825. The number of rotatable bonds is 8. The van der Waals surface area contributed by atoms with Gasteiger partial charge in [-0.05, 0) is 71.2 Å². The Kier molecular flexibility index (Phi) is 8.60. The first kappa shape index (κ1) is 21.7. The Bertz CT molecular complexity index is 831. The van der Waals surface area contributed by atoms with Crippen LogP contribution in [0.15, 0.2) is 50.4 Å². The molecule has 0 radical (unpaired) electrons. The minimum atomic E-state index is -0.371. The summed E-state index contributed by atoms with van der Waals surface area (Å²) in [4.78, 5) is 11.8. The van der Waals surface area contributed by atoms with Crippen molar-refractivity contribution in [3.63, 3.8) is 0 Å². The fourth-order valence-corrected chi connectivity index (χ4v) is 3.33. The van der Waals surface area contributed by atoms with Gasteiger partial charge in [0.05, 0.1) is 21.8 Å². The number of hydrazone groups is 1. The average molecular weight is 519 g/mol. The molecule has 5 nitrogen and oxygen atoms in total. The number of ether oxygens (including phenoxy) is 2. The third-order valence-electron chi connectivity index (χ3n) is 3.51. The molecule has 1 amide bonds. The van der Waals surface area contributed by atoms with Crippen molar-refractivity contribution < 1.29 is 14.3 Å². The molecule has 0 unspecified atom stereocenters. The number of carbonyl (C=O) groups is 1. The van der Waals surface area contributed by atoms with E-state index in [0.29, 0.717) is 16.5 Å². The van der Waals surface area contributed by atoms with Crippen molar-refractivity contribution in [3.05, 3.63) is 55.9 Å². The predicted molar refractivity (Wildman–Crippen MR) is 115 cm³/mol. The lowest BCUT2D eigenvalue weighted by atomic mass is 10.2. The maximum Gasteiger partial charge on any atom is 0.277 e. The Hall–Kier alpha value is -1.57. The summed E-state index contributed by atoms with van der Waals surface area (Å²) in [7, 11) is 0. The minimum Gasteiger partial charge on any atom is -0.489 e. The fourth-order valence-electron chi connectivity index (χ4n) is 1.94. The number of amides is 1. The van der Waals surface area contributed by atoms with E-state index in [1.807, 2.05) is 32.0 Å². The molecule has 144 valence electrons. The van der Waals surface area contributed by atoms with Crippen LogP contribution in [0.25, 0.3) is 0 Å². The zero-order chi connectivity index (χ0) is 19.8. The molecule has 1 atom stereocenters. The van der Waals surface area contributed by atoms with Crippen LogP contribution in [0.3, 0.4) is 0 Å². The first-order chi connectivity index (χ1) is 12.9. The molecule has 0 spiro atoms. The first-order valence-corrected chi connectivity index (χ1v) is 10.2. The Morgan fingerprint density at radius 3 is 2.67 bits per heavy atom. The monoisotopic (exact) mass is 516 g/mol. The Morgan fingerprint density at radius 1 is 1.26 bits per heavy atom. The molecule has 27 heavy (non-hydrogen) atoms. The number of halogens is 3. The van der Waals surface area contributed by atoms with E-state index in [-0.39, 0.29) is 18.6 Å². The first-order valence-electron chi connectivity index (χ1n) is 8.25. The molecule has 0 aliphatic rings. The zero-order valence-electron chi connectivity index (χ0n) is 14.8. The maximum atomic E-state index is 11.8. The molecule has 2 rings (SSSR count). The van der Waals surface area contributed by atoms with Crippen LogP contribution in [0, 0.1) is 0 Å². The third-order valence-corrected chi connectivity index (χ3v) is 4.92. The largest absolute Gasteiger partial charge is 0.489 e. The summed E-state index contributed by atoms with van der Waals surface area (Å²) in [5.41, 5.74) is 3.16. The molecule has 0 aliphatic carbocycles. The SMILES string of the molecule is CC[C@@H](C)Oc1ccc(/C=N/NC(=O)COc2ccc(Br)cc2Br)cc1Cl. The number of nitrogens with zero attached hydrogens (tertiary/aromatic N) is 1. The van der Waals surface area contributed by atoms with Crippen LogP contribution in [0.2, 0.25) is 5.02 Å². The van der Waals surface area contributed by atoms with Crippen LogP contribution in [0.5, 0.6) is 11.5 Å². The maximum absolute atomic E-state index is 11.8. The van der Waals surface area contributed by atoms with Gasteiger partial charge in [-0.25, -0.2) is 5.43 Å². The van der Waals surface area contributed by atoms with Gasteiger partial charge in [-0.2, -0.15) is 5.10 Å². The minimum absolute atomic E-state index is 0.0899. The average Bonchev–Trinajstić information content (AvgIpc) is 2.63.